The molecule has 1 atom stereocenters. The topological polar surface area (TPSA) is 38.5 Å². The van der Waals surface area contributed by atoms with Crippen LogP contribution < -0.4 is 10.5 Å². The zero-order chi connectivity index (χ0) is 14.5. The molecule has 3 nitrogen and oxygen atoms in total. The van der Waals surface area contributed by atoms with Crippen LogP contribution in [-0.2, 0) is 0 Å². The van der Waals surface area contributed by atoms with Crippen molar-refractivity contribution in [3.05, 3.63) is 29.8 Å². The highest BCUT2D eigenvalue weighted by Gasteiger charge is 2.27. The van der Waals surface area contributed by atoms with Crippen LogP contribution in [0.3, 0.4) is 0 Å². The van der Waals surface area contributed by atoms with E-state index in [0.29, 0.717) is 18.1 Å². The molecule has 112 valence electrons. The van der Waals surface area contributed by atoms with Crippen LogP contribution in [0.25, 0.3) is 0 Å². The number of benzene rings is 1. The van der Waals surface area contributed by atoms with Gasteiger partial charge in [-0.05, 0) is 56.8 Å². The first-order chi connectivity index (χ1) is 9.65. The van der Waals surface area contributed by atoms with Gasteiger partial charge in [-0.25, -0.2) is 0 Å². The Labute approximate surface area is 123 Å². The molecule has 0 heterocycles. The van der Waals surface area contributed by atoms with E-state index in [4.69, 9.17) is 10.5 Å². The van der Waals surface area contributed by atoms with Gasteiger partial charge >= 0.3 is 0 Å². The van der Waals surface area contributed by atoms with Gasteiger partial charge in [0.1, 0.15) is 5.75 Å². The molecule has 2 rings (SSSR count). The molecule has 2 N–H and O–H groups in total. The number of hydrogen-bond donors (Lipinski definition) is 1. The van der Waals surface area contributed by atoms with Crippen LogP contribution in [0.4, 0.5) is 0 Å². The minimum absolute atomic E-state index is 0.414. The molecule has 0 spiro atoms. The third-order valence-electron chi connectivity index (χ3n) is 4.65. The molecule has 1 aliphatic carbocycles. The summed E-state index contributed by atoms with van der Waals surface area (Å²) in [4.78, 5) is 2.61. The van der Waals surface area contributed by atoms with E-state index in [9.17, 15) is 0 Å². The highest BCUT2D eigenvalue weighted by atomic mass is 16.5. The van der Waals surface area contributed by atoms with Crippen molar-refractivity contribution >= 4 is 0 Å². The predicted molar refractivity (Wildman–Crippen MR) is 84.0 cm³/mol. The lowest BCUT2D eigenvalue weighted by atomic mass is 9.89. The molecule has 1 saturated carbocycles. The highest BCUT2D eigenvalue weighted by Crippen LogP contribution is 2.30. The van der Waals surface area contributed by atoms with E-state index in [1.54, 1.807) is 7.11 Å². The zero-order valence-corrected chi connectivity index (χ0v) is 13.0. The van der Waals surface area contributed by atoms with Gasteiger partial charge in [0.05, 0.1) is 7.11 Å². The van der Waals surface area contributed by atoms with Crippen LogP contribution in [0.2, 0.25) is 0 Å². The molecule has 1 aromatic rings. The van der Waals surface area contributed by atoms with Gasteiger partial charge in [0.15, 0.2) is 0 Å². The van der Waals surface area contributed by atoms with Gasteiger partial charge in [0.25, 0.3) is 0 Å². The Hall–Kier alpha value is -1.06. The molecule has 3 heteroatoms. The third kappa shape index (κ3) is 3.53. The first kappa shape index (κ1) is 15.3. The zero-order valence-electron chi connectivity index (χ0n) is 13.0. The van der Waals surface area contributed by atoms with Gasteiger partial charge in [-0.1, -0.05) is 19.1 Å². The van der Waals surface area contributed by atoms with Crippen LogP contribution >= 0.6 is 0 Å². The predicted octanol–water partition coefficient (Wildman–Crippen LogP) is 3.35. The fourth-order valence-electron chi connectivity index (χ4n) is 3.37. The number of rotatable bonds is 5. The first-order valence-corrected chi connectivity index (χ1v) is 7.81. The maximum absolute atomic E-state index is 6.03. The fourth-order valence-corrected chi connectivity index (χ4v) is 3.37. The molecule has 1 unspecified atom stereocenters. The minimum Gasteiger partial charge on any atom is -0.497 e. The van der Waals surface area contributed by atoms with Crippen molar-refractivity contribution in [1.82, 2.24) is 4.90 Å². The van der Waals surface area contributed by atoms with Gasteiger partial charge in [-0.15, -0.1) is 0 Å². The lowest BCUT2D eigenvalue weighted by Gasteiger charge is -2.39. The summed E-state index contributed by atoms with van der Waals surface area (Å²) in [6, 6.07) is 9.95. The molecule has 0 saturated heterocycles. The summed E-state index contributed by atoms with van der Waals surface area (Å²) in [5, 5.41) is 0. The first-order valence-electron chi connectivity index (χ1n) is 7.81. The van der Waals surface area contributed by atoms with Gasteiger partial charge in [0.2, 0.25) is 0 Å². The summed E-state index contributed by atoms with van der Waals surface area (Å²) in [6.45, 7) is 5.64. The maximum Gasteiger partial charge on any atom is 0.119 e. The second kappa shape index (κ2) is 7.09. The summed E-state index contributed by atoms with van der Waals surface area (Å²) >= 11 is 0. The quantitative estimate of drug-likeness (QED) is 0.896. The van der Waals surface area contributed by atoms with E-state index < -0.39 is 0 Å². The Morgan fingerprint density at radius 2 is 2.00 bits per heavy atom. The largest absolute Gasteiger partial charge is 0.497 e. The van der Waals surface area contributed by atoms with Crippen molar-refractivity contribution in [1.29, 1.82) is 0 Å². The van der Waals surface area contributed by atoms with Crippen molar-refractivity contribution in [2.45, 2.75) is 57.7 Å². The number of nitrogens with zero attached hydrogens (tertiary/aromatic N) is 1. The van der Waals surface area contributed by atoms with Gasteiger partial charge in [0, 0.05) is 18.1 Å². The normalized spacial score (nSPS) is 24.6. The summed E-state index contributed by atoms with van der Waals surface area (Å²) in [5.74, 6) is 0.941. The van der Waals surface area contributed by atoms with Crippen molar-refractivity contribution in [3.63, 3.8) is 0 Å². The van der Waals surface area contributed by atoms with Gasteiger partial charge < -0.3 is 10.5 Å². The number of ether oxygens (including phenoxy) is 1. The van der Waals surface area contributed by atoms with Crippen LogP contribution in [0.1, 0.15) is 51.1 Å². The van der Waals surface area contributed by atoms with E-state index in [2.05, 4.69) is 36.9 Å². The Balaban J connectivity index is 2.09. The Morgan fingerprint density at radius 3 is 2.60 bits per heavy atom. The Morgan fingerprint density at radius 1 is 1.30 bits per heavy atom. The SMILES string of the molecule is CCN(C1CCC(N)CC1)C(C)c1cccc(OC)c1. The van der Waals surface area contributed by atoms with Crippen LogP contribution in [0, 0.1) is 0 Å². The van der Waals surface area contributed by atoms with Crippen LogP contribution in [-0.4, -0.2) is 30.6 Å². The average Bonchev–Trinajstić information content (AvgIpc) is 2.50. The average molecular weight is 276 g/mol. The Kier molecular flexibility index (Phi) is 5.44. The van der Waals surface area contributed by atoms with E-state index in [1.807, 2.05) is 6.07 Å². The number of nitrogens with two attached hydrogens (primary N) is 1. The van der Waals surface area contributed by atoms with E-state index in [1.165, 1.54) is 18.4 Å². The number of methoxy groups -OCH3 is 1. The van der Waals surface area contributed by atoms with Gasteiger partial charge in [-0.2, -0.15) is 0 Å². The standard InChI is InChI=1S/C17H28N2O/c1-4-19(16-10-8-15(18)9-11-16)13(2)14-6-5-7-17(12-14)20-3/h5-7,12-13,15-16H,4,8-11,18H2,1-3H3. The molecular weight excluding hydrogens is 248 g/mol. The molecule has 0 bridgehead atoms. The van der Waals surface area contributed by atoms with Crippen LogP contribution in [0.15, 0.2) is 24.3 Å². The monoisotopic (exact) mass is 276 g/mol. The minimum atomic E-state index is 0.414. The molecule has 1 aliphatic rings. The lowest BCUT2D eigenvalue weighted by molar-refractivity contribution is 0.114. The molecule has 1 aromatic carbocycles. The summed E-state index contributed by atoms with van der Waals surface area (Å²) in [5.41, 5.74) is 7.36. The third-order valence-corrected chi connectivity index (χ3v) is 4.65. The molecule has 20 heavy (non-hydrogen) atoms. The second-order valence-electron chi connectivity index (χ2n) is 5.85. The van der Waals surface area contributed by atoms with Crippen molar-refractivity contribution < 1.29 is 4.74 Å². The second-order valence-corrected chi connectivity index (χ2v) is 5.85. The summed E-state index contributed by atoms with van der Waals surface area (Å²) < 4.78 is 5.34. The smallest absolute Gasteiger partial charge is 0.119 e. The molecule has 0 aliphatic heterocycles. The molecule has 1 fully saturated rings. The van der Waals surface area contributed by atoms with E-state index >= 15 is 0 Å². The molecular formula is C17H28N2O. The Bertz CT molecular complexity index is 413. The van der Waals surface area contributed by atoms with Gasteiger partial charge in [-0.3, -0.25) is 4.90 Å². The lowest BCUT2D eigenvalue weighted by Crippen LogP contribution is -2.42. The molecule has 0 amide bonds. The van der Waals surface area contributed by atoms with Crippen molar-refractivity contribution in [3.8, 4) is 5.75 Å². The van der Waals surface area contributed by atoms with Crippen molar-refractivity contribution in [2.24, 2.45) is 5.73 Å². The van der Waals surface area contributed by atoms with Crippen molar-refractivity contribution in [2.75, 3.05) is 13.7 Å². The summed E-state index contributed by atoms with van der Waals surface area (Å²) in [6.07, 6.45) is 4.77. The van der Waals surface area contributed by atoms with E-state index in [-0.39, 0.29) is 0 Å². The van der Waals surface area contributed by atoms with E-state index in [0.717, 1.165) is 25.1 Å². The highest BCUT2D eigenvalue weighted by molar-refractivity contribution is 5.30. The molecule has 0 aromatic heterocycles. The maximum atomic E-state index is 6.03. The van der Waals surface area contributed by atoms with Crippen LogP contribution in [0.5, 0.6) is 5.75 Å². The summed E-state index contributed by atoms with van der Waals surface area (Å²) in [7, 11) is 1.73. The fraction of sp³-hybridized carbons (Fsp3) is 0.647. The molecule has 0 radical (unpaired) electrons. The number of hydrogen-bond acceptors (Lipinski definition) is 3.